The van der Waals surface area contributed by atoms with Gasteiger partial charge in [0.05, 0.1) is 13.2 Å². The monoisotopic (exact) mass is 114 g/mol. The molecule has 3 heteroatoms. The number of hydrazone groups is 1. The van der Waals surface area contributed by atoms with Gasteiger partial charge in [-0.2, -0.15) is 5.10 Å². The van der Waals surface area contributed by atoms with E-state index in [4.69, 9.17) is 4.74 Å². The molecule has 1 aliphatic rings. The highest BCUT2D eigenvalue weighted by Gasteiger charge is 2.16. The molecule has 1 rings (SSSR count). The molecular formula is C5H10N2O. The maximum absolute atomic E-state index is 5.15. The molecule has 1 heterocycles. The molecule has 1 atom stereocenters. The van der Waals surface area contributed by atoms with Crippen molar-refractivity contribution in [2.75, 3.05) is 13.2 Å². The second-order valence-corrected chi connectivity index (χ2v) is 1.77. The lowest BCUT2D eigenvalue weighted by molar-refractivity contribution is 0.0519. The summed E-state index contributed by atoms with van der Waals surface area (Å²) in [5, 5.41) is 5.55. The zero-order chi connectivity index (χ0) is 5.98. The Morgan fingerprint density at radius 3 is 2.88 bits per heavy atom. The quantitative estimate of drug-likeness (QED) is 0.457. The fourth-order valence-electron chi connectivity index (χ4n) is 0.770. The third kappa shape index (κ3) is 0.816. The Bertz CT molecular complexity index is 94.4. The Kier molecular flexibility index (Phi) is 1.48. The summed E-state index contributed by atoms with van der Waals surface area (Å²) in [6, 6.07) is 0. The minimum Gasteiger partial charge on any atom is -0.355 e. The molecule has 0 spiro atoms. The van der Waals surface area contributed by atoms with Crippen molar-refractivity contribution in [3.05, 3.63) is 0 Å². The number of rotatable bonds is 1. The van der Waals surface area contributed by atoms with E-state index in [0.717, 1.165) is 13.2 Å². The molecule has 1 fully saturated rings. The molecule has 0 bridgehead atoms. The molecule has 0 aromatic rings. The fraction of sp³-hybridized carbons (Fsp3) is 0.800. The zero-order valence-corrected chi connectivity index (χ0v) is 5.00. The van der Waals surface area contributed by atoms with Gasteiger partial charge < -0.3 is 4.74 Å². The van der Waals surface area contributed by atoms with Gasteiger partial charge in [-0.05, 0) is 6.92 Å². The van der Waals surface area contributed by atoms with Crippen LogP contribution >= 0.6 is 0 Å². The van der Waals surface area contributed by atoms with Gasteiger partial charge in [-0.25, -0.2) is 0 Å². The van der Waals surface area contributed by atoms with Gasteiger partial charge in [0.2, 0.25) is 0 Å². The van der Waals surface area contributed by atoms with Gasteiger partial charge in [-0.1, -0.05) is 0 Å². The van der Waals surface area contributed by atoms with E-state index in [1.165, 1.54) is 0 Å². The van der Waals surface area contributed by atoms with Crippen LogP contribution in [0.5, 0.6) is 0 Å². The highest BCUT2D eigenvalue weighted by atomic mass is 16.5. The molecule has 8 heavy (non-hydrogen) atoms. The van der Waals surface area contributed by atoms with Crippen LogP contribution in [0.25, 0.3) is 0 Å². The summed E-state index contributed by atoms with van der Waals surface area (Å²) in [5.41, 5.74) is 0. The minimum absolute atomic E-state index is 0.132. The Morgan fingerprint density at radius 2 is 2.62 bits per heavy atom. The van der Waals surface area contributed by atoms with Gasteiger partial charge in [-0.15, -0.1) is 0 Å². The van der Waals surface area contributed by atoms with Crippen molar-refractivity contribution in [3.8, 4) is 0 Å². The summed E-state index contributed by atoms with van der Waals surface area (Å²) in [6.07, 6.45) is 0.132. The van der Waals surface area contributed by atoms with E-state index >= 15 is 0 Å². The summed E-state index contributed by atoms with van der Waals surface area (Å²) in [5.74, 6) is 0. The third-order valence-corrected chi connectivity index (χ3v) is 1.28. The first-order chi connectivity index (χ1) is 3.84. The molecule has 0 amide bonds. The molecule has 0 aromatic carbocycles. The molecule has 0 aromatic heterocycles. The molecule has 0 saturated carbocycles. The molecule has 0 radical (unpaired) electrons. The van der Waals surface area contributed by atoms with E-state index in [2.05, 4.69) is 11.8 Å². The van der Waals surface area contributed by atoms with Crippen molar-refractivity contribution in [1.82, 2.24) is 5.01 Å². The summed E-state index contributed by atoms with van der Waals surface area (Å²) in [7, 11) is 0. The van der Waals surface area contributed by atoms with E-state index in [0.29, 0.717) is 0 Å². The largest absolute Gasteiger partial charge is 0.355 e. The normalized spacial score (nSPS) is 28.6. The van der Waals surface area contributed by atoms with Crippen LogP contribution in [-0.2, 0) is 4.74 Å². The molecule has 1 saturated heterocycles. The minimum atomic E-state index is 0.132. The van der Waals surface area contributed by atoms with Gasteiger partial charge in [0, 0.05) is 6.72 Å². The number of nitrogens with zero attached hydrogens (tertiary/aromatic N) is 2. The predicted molar refractivity (Wildman–Crippen MR) is 31.7 cm³/mol. The van der Waals surface area contributed by atoms with E-state index in [-0.39, 0.29) is 6.23 Å². The van der Waals surface area contributed by atoms with Crippen LogP contribution in [0.1, 0.15) is 6.92 Å². The lowest BCUT2D eigenvalue weighted by Gasteiger charge is -2.12. The molecule has 3 nitrogen and oxygen atoms in total. The number of hydrogen-bond acceptors (Lipinski definition) is 3. The topological polar surface area (TPSA) is 24.8 Å². The van der Waals surface area contributed by atoms with Crippen molar-refractivity contribution < 1.29 is 4.74 Å². The summed E-state index contributed by atoms with van der Waals surface area (Å²) < 4.78 is 5.15. The van der Waals surface area contributed by atoms with Crippen LogP contribution in [0.2, 0.25) is 0 Å². The highest BCUT2D eigenvalue weighted by molar-refractivity contribution is 5.22. The maximum atomic E-state index is 5.15. The fourth-order valence-corrected chi connectivity index (χ4v) is 0.770. The average molecular weight is 114 g/mol. The maximum Gasteiger partial charge on any atom is 0.143 e. The second-order valence-electron chi connectivity index (χ2n) is 1.77. The SMILES string of the molecule is C=NN1CCO[C@H]1C. The van der Waals surface area contributed by atoms with E-state index in [1.807, 2.05) is 11.9 Å². The van der Waals surface area contributed by atoms with Gasteiger partial charge in [-0.3, -0.25) is 5.01 Å². The lowest BCUT2D eigenvalue weighted by Crippen LogP contribution is -2.20. The first-order valence-electron chi connectivity index (χ1n) is 2.69. The van der Waals surface area contributed by atoms with Crippen molar-refractivity contribution in [1.29, 1.82) is 0 Å². The zero-order valence-electron chi connectivity index (χ0n) is 5.00. The van der Waals surface area contributed by atoms with Gasteiger partial charge in [0.15, 0.2) is 0 Å². The van der Waals surface area contributed by atoms with Crippen LogP contribution in [0.4, 0.5) is 0 Å². The van der Waals surface area contributed by atoms with E-state index in [1.54, 1.807) is 0 Å². The van der Waals surface area contributed by atoms with Crippen LogP contribution in [0.15, 0.2) is 5.10 Å². The molecule has 0 aliphatic carbocycles. The van der Waals surface area contributed by atoms with Crippen molar-refractivity contribution in [3.63, 3.8) is 0 Å². The standard InChI is InChI=1S/C5H10N2O/c1-5-7(6-2)3-4-8-5/h5H,2-4H2,1H3/t5-/m0/s1. The van der Waals surface area contributed by atoms with Gasteiger partial charge in [0.25, 0.3) is 0 Å². The van der Waals surface area contributed by atoms with Crippen LogP contribution < -0.4 is 0 Å². The second kappa shape index (κ2) is 2.13. The Balaban J connectivity index is 2.41. The number of ether oxygens (including phenoxy) is 1. The van der Waals surface area contributed by atoms with Gasteiger partial charge >= 0.3 is 0 Å². The predicted octanol–water partition coefficient (Wildman–Crippen LogP) is 0.280. The molecule has 1 aliphatic heterocycles. The van der Waals surface area contributed by atoms with Gasteiger partial charge in [0.1, 0.15) is 6.23 Å². The summed E-state index contributed by atoms with van der Waals surface area (Å²) >= 11 is 0. The number of hydrogen-bond donors (Lipinski definition) is 0. The first-order valence-corrected chi connectivity index (χ1v) is 2.69. The van der Waals surface area contributed by atoms with Crippen LogP contribution in [-0.4, -0.2) is 31.1 Å². The molecule has 0 N–H and O–H groups in total. The van der Waals surface area contributed by atoms with Crippen LogP contribution in [0, 0.1) is 0 Å². The smallest absolute Gasteiger partial charge is 0.143 e. The van der Waals surface area contributed by atoms with Crippen molar-refractivity contribution >= 4 is 6.72 Å². The van der Waals surface area contributed by atoms with E-state index in [9.17, 15) is 0 Å². The molecule has 0 unspecified atom stereocenters. The van der Waals surface area contributed by atoms with Crippen molar-refractivity contribution in [2.24, 2.45) is 5.10 Å². The Labute approximate surface area is 48.9 Å². The highest BCUT2D eigenvalue weighted by Crippen LogP contribution is 2.07. The Hall–Kier alpha value is -0.570. The first kappa shape index (κ1) is 5.56. The van der Waals surface area contributed by atoms with Crippen LogP contribution in [0.3, 0.4) is 0 Å². The molecule has 46 valence electrons. The average Bonchev–Trinajstić information content (AvgIpc) is 2.14. The summed E-state index contributed by atoms with van der Waals surface area (Å²) in [6.45, 7) is 7.01. The third-order valence-electron chi connectivity index (χ3n) is 1.28. The van der Waals surface area contributed by atoms with E-state index < -0.39 is 0 Å². The molecular weight excluding hydrogens is 104 g/mol. The Morgan fingerprint density at radius 1 is 1.88 bits per heavy atom. The summed E-state index contributed by atoms with van der Waals surface area (Å²) in [4.78, 5) is 0. The van der Waals surface area contributed by atoms with Crippen molar-refractivity contribution in [2.45, 2.75) is 13.2 Å². The lowest BCUT2D eigenvalue weighted by atomic mass is 10.6.